The second-order valence-electron chi connectivity index (χ2n) is 4.52. The maximum atomic E-state index is 11.7. The third-order valence-electron chi connectivity index (χ3n) is 3.41. The molecule has 0 bridgehead atoms. The number of benzene rings is 1. The van der Waals surface area contributed by atoms with E-state index in [0.29, 0.717) is 13.0 Å². The molecule has 0 saturated heterocycles. The van der Waals surface area contributed by atoms with Crippen LogP contribution in [-0.2, 0) is 14.9 Å². The number of anilines is 2. The Morgan fingerprint density at radius 1 is 1.44 bits per heavy atom. The molecule has 0 spiro atoms. The molecule has 1 amide bonds. The minimum Gasteiger partial charge on any atom is -0.384 e. The van der Waals surface area contributed by atoms with Gasteiger partial charge in [-0.25, -0.2) is 0 Å². The second kappa shape index (κ2) is 3.22. The van der Waals surface area contributed by atoms with Gasteiger partial charge in [0.05, 0.1) is 6.61 Å². The molecule has 2 N–H and O–H groups in total. The molecule has 4 heteroatoms. The van der Waals surface area contributed by atoms with Crippen molar-refractivity contribution in [3.63, 3.8) is 0 Å². The van der Waals surface area contributed by atoms with E-state index >= 15 is 0 Å². The number of ether oxygens (including phenoxy) is 1. The first-order valence-electron chi connectivity index (χ1n) is 5.41. The van der Waals surface area contributed by atoms with Crippen molar-refractivity contribution in [3.05, 3.63) is 23.8 Å². The van der Waals surface area contributed by atoms with E-state index in [4.69, 9.17) is 4.74 Å². The summed E-state index contributed by atoms with van der Waals surface area (Å²) in [5.41, 5.74) is 3.07. The van der Waals surface area contributed by atoms with Crippen LogP contribution in [0, 0.1) is 0 Å². The molecule has 0 radical (unpaired) electrons. The van der Waals surface area contributed by atoms with Crippen LogP contribution < -0.4 is 10.6 Å². The third-order valence-corrected chi connectivity index (χ3v) is 3.41. The van der Waals surface area contributed by atoms with Crippen LogP contribution in [0.2, 0.25) is 0 Å². The number of rotatable bonds is 2. The fourth-order valence-corrected chi connectivity index (χ4v) is 2.83. The lowest BCUT2D eigenvalue weighted by molar-refractivity contribution is -0.118. The summed E-state index contributed by atoms with van der Waals surface area (Å²) in [6, 6.07) is 5.96. The van der Waals surface area contributed by atoms with E-state index in [2.05, 4.69) is 10.6 Å². The minimum absolute atomic E-state index is 0.0744. The fraction of sp³-hybridized carbons (Fsp3) is 0.417. The number of amides is 1. The summed E-state index contributed by atoms with van der Waals surface area (Å²) < 4.78 is 5.29. The van der Waals surface area contributed by atoms with E-state index in [1.54, 1.807) is 7.11 Å². The van der Waals surface area contributed by atoms with Gasteiger partial charge < -0.3 is 15.4 Å². The highest BCUT2D eigenvalue weighted by Crippen LogP contribution is 2.46. The Bertz CT molecular complexity index is 454. The molecular weight excluding hydrogens is 204 g/mol. The van der Waals surface area contributed by atoms with Gasteiger partial charge in [0.25, 0.3) is 0 Å². The van der Waals surface area contributed by atoms with Gasteiger partial charge in [0, 0.05) is 42.4 Å². The van der Waals surface area contributed by atoms with E-state index in [1.807, 2.05) is 18.2 Å². The molecule has 1 atom stereocenters. The van der Waals surface area contributed by atoms with Gasteiger partial charge in [-0.15, -0.1) is 0 Å². The van der Waals surface area contributed by atoms with Crippen LogP contribution >= 0.6 is 0 Å². The molecule has 4 nitrogen and oxygen atoms in total. The number of carbonyl (C=O) groups is 1. The Balaban J connectivity index is 2.18. The first-order valence-corrected chi connectivity index (χ1v) is 5.41. The SMILES string of the molecule is COCC12CNc3cccc(c31)NC(=O)C2. The first kappa shape index (κ1) is 9.66. The van der Waals surface area contributed by atoms with Crippen molar-refractivity contribution in [2.75, 3.05) is 30.9 Å². The van der Waals surface area contributed by atoms with Crippen LogP contribution in [-0.4, -0.2) is 26.2 Å². The van der Waals surface area contributed by atoms with E-state index in [-0.39, 0.29) is 11.3 Å². The molecule has 0 aliphatic carbocycles. The largest absolute Gasteiger partial charge is 0.384 e. The monoisotopic (exact) mass is 218 g/mol. The highest BCUT2D eigenvalue weighted by Gasteiger charge is 2.45. The van der Waals surface area contributed by atoms with Crippen LogP contribution in [0.25, 0.3) is 0 Å². The van der Waals surface area contributed by atoms with E-state index < -0.39 is 0 Å². The first-order chi connectivity index (χ1) is 7.75. The van der Waals surface area contributed by atoms with Crippen molar-refractivity contribution in [1.29, 1.82) is 0 Å². The van der Waals surface area contributed by atoms with Crippen LogP contribution in [0.3, 0.4) is 0 Å². The zero-order chi connectivity index (χ0) is 11.2. The van der Waals surface area contributed by atoms with Gasteiger partial charge in [0.2, 0.25) is 5.91 Å². The van der Waals surface area contributed by atoms with E-state index in [0.717, 1.165) is 17.9 Å². The van der Waals surface area contributed by atoms with Crippen molar-refractivity contribution in [3.8, 4) is 0 Å². The molecule has 1 aromatic carbocycles. The van der Waals surface area contributed by atoms with Gasteiger partial charge in [-0.3, -0.25) is 4.79 Å². The van der Waals surface area contributed by atoms with Crippen molar-refractivity contribution in [1.82, 2.24) is 0 Å². The molecule has 16 heavy (non-hydrogen) atoms. The molecule has 2 heterocycles. The third kappa shape index (κ3) is 1.16. The molecular formula is C12H14N2O2. The number of methoxy groups -OCH3 is 1. The molecule has 0 saturated carbocycles. The van der Waals surface area contributed by atoms with Crippen LogP contribution in [0.1, 0.15) is 12.0 Å². The Hall–Kier alpha value is -1.55. The lowest BCUT2D eigenvalue weighted by atomic mass is 9.76. The van der Waals surface area contributed by atoms with Gasteiger partial charge in [-0.2, -0.15) is 0 Å². The number of nitrogens with one attached hydrogen (secondary N) is 2. The average molecular weight is 218 g/mol. The smallest absolute Gasteiger partial charge is 0.225 e. The molecule has 84 valence electrons. The second-order valence-corrected chi connectivity index (χ2v) is 4.52. The lowest BCUT2D eigenvalue weighted by Crippen LogP contribution is -2.41. The number of hydrogen-bond acceptors (Lipinski definition) is 3. The predicted octanol–water partition coefficient (Wildman–Crippen LogP) is 1.34. The summed E-state index contributed by atoms with van der Waals surface area (Å²) in [6.07, 6.45) is 0.498. The molecule has 1 aromatic rings. The molecule has 3 rings (SSSR count). The van der Waals surface area contributed by atoms with Gasteiger partial charge in [0.1, 0.15) is 0 Å². The Morgan fingerprint density at radius 3 is 3.06 bits per heavy atom. The maximum absolute atomic E-state index is 11.7. The van der Waals surface area contributed by atoms with Crippen molar-refractivity contribution < 1.29 is 9.53 Å². The van der Waals surface area contributed by atoms with Crippen molar-refractivity contribution >= 4 is 17.3 Å². The topological polar surface area (TPSA) is 50.4 Å². The van der Waals surface area contributed by atoms with E-state index in [9.17, 15) is 4.79 Å². The van der Waals surface area contributed by atoms with Crippen LogP contribution in [0.4, 0.5) is 11.4 Å². The Labute approximate surface area is 94.0 Å². The summed E-state index contributed by atoms with van der Waals surface area (Å²) in [5, 5.41) is 6.28. The summed E-state index contributed by atoms with van der Waals surface area (Å²) in [6.45, 7) is 1.36. The van der Waals surface area contributed by atoms with Gasteiger partial charge >= 0.3 is 0 Å². The zero-order valence-corrected chi connectivity index (χ0v) is 9.17. The molecule has 2 aliphatic rings. The molecule has 1 unspecified atom stereocenters. The quantitative estimate of drug-likeness (QED) is 0.787. The average Bonchev–Trinajstić information content (AvgIpc) is 2.59. The predicted molar refractivity (Wildman–Crippen MR) is 61.7 cm³/mol. The normalized spacial score (nSPS) is 25.9. The minimum atomic E-state index is -0.178. The molecule has 0 aromatic heterocycles. The lowest BCUT2D eigenvalue weighted by Gasteiger charge is -2.33. The summed E-state index contributed by atoms with van der Waals surface area (Å²) in [7, 11) is 1.68. The summed E-state index contributed by atoms with van der Waals surface area (Å²) in [4.78, 5) is 11.7. The van der Waals surface area contributed by atoms with Crippen molar-refractivity contribution in [2.45, 2.75) is 11.8 Å². The summed E-state index contributed by atoms with van der Waals surface area (Å²) in [5.74, 6) is 0.0744. The highest BCUT2D eigenvalue weighted by atomic mass is 16.5. The van der Waals surface area contributed by atoms with Crippen LogP contribution in [0.5, 0.6) is 0 Å². The van der Waals surface area contributed by atoms with Crippen LogP contribution in [0.15, 0.2) is 18.2 Å². The summed E-state index contributed by atoms with van der Waals surface area (Å²) >= 11 is 0. The van der Waals surface area contributed by atoms with E-state index in [1.165, 1.54) is 5.56 Å². The van der Waals surface area contributed by atoms with Gasteiger partial charge in [-0.05, 0) is 12.1 Å². The van der Waals surface area contributed by atoms with Gasteiger partial charge in [-0.1, -0.05) is 6.07 Å². The molecule has 0 fully saturated rings. The Kier molecular flexibility index (Phi) is 1.94. The zero-order valence-electron chi connectivity index (χ0n) is 9.17. The Morgan fingerprint density at radius 2 is 2.25 bits per heavy atom. The van der Waals surface area contributed by atoms with Crippen molar-refractivity contribution in [2.24, 2.45) is 0 Å². The highest BCUT2D eigenvalue weighted by molar-refractivity contribution is 5.98. The van der Waals surface area contributed by atoms with Gasteiger partial charge in [0.15, 0.2) is 0 Å². The fourth-order valence-electron chi connectivity index (χ4n) is 2.83. The standard InChI is InChI=1S/C12H14N2O2/c1-16-7-12-5-10(15)14-9-4-2-3-8(11(9)12)13-6-12/h2-4,13H,5-7H2,1H3,(H,14,15). The maximum Gasteiger partial charge on any atom is 0.225 e. The molecule has 2 aliphatic heterocycles. The number of carbonyl (C=O) groups excluding carboxylic acids is 1. The number of hydrogen-bond donors (Lipinski definition) is 2.